The van der Waals surface area contributed by atoms with E-state index in [0.717, 1.165) is 13.1 Å². The number of halogens is 1. The fourth-order valence-corrected chi connectivity index (χ4v) is 3.13. The molecule has 2 unspecified atom stereocenters. The Labute approximate surface area is 131 Å². The first-order valence-electron chi connectivity index (χ1n) is 7.24. The molecule has 2 nitrogen and oxygen atoms in total. The lowest BCUT2D eigenvalue weighted by atomic mass is 9.93. The second-order valence-corrected chi connectivity index (χ2v) is 7.44. The molecular weight excluding hydrogens is 347 g/mol. The van der Waals surface area contributed by atoms with Crippen LogP contribution in [-0.4, -0.2) is 25.2 Å². The van der Waals surface area contributed by atoms with Crippen LogP contribution in [0.15, 0.2) is 24.3 Å². The minimum absolute atomic E-state index is 0.592. The van der Waals surface area contributed by atoms with Crippen LogP contribution in [0, 0.1) is 15.4 Å². The highest BCUT2D eigenvalue weighted by molar-refractivity contribution is 14.1. The van der Waals surface area contributed by atoms with Crippen molar-refractivity contribution in [2.45, 2.75) is 39.8 Å². The molecule has 1 aromatic rings. The van der Waals surface area contributed by atoms with Crippen LogP contribution in [0.2, 0.25) is 0 Å². The van der Waals surface area contributed by atoms with Gasteiger partial charge in [-0.2, -0.15) is 0 Å². The number of rotatable bonds is 3. The van der Waals surface area contributed by atoms with Gasteiger partial charge < -0.3 is 10.2 Å². The fraction of sp³-hybridized carbons (Fsp3) is 0.625. The highest BCUT2D eigenvalue weighted by atomic mass is 127. The molecule has 1 saturated heterocycles. The van der Waals surface area contributed by atoms with Gasteiger partial charge in [0.15, 0.2) is 0 Å². The Hall–Kier alpha value is -0.290. The number of nitrogens with one attached hydrogen (secondary N) is 1. The van der Waals surface area contributed by atoms with Gasteiger partial charge in [0.05, 0.1) is 0 Å². The molecule has 2 rings (SSSR count). The van der Waals surface area contributed by atoms with E-state index in [-0.39, 0.29) is 0 Å². The van der Waals surface area contributed by atoms with Gasteiger partial charge in [-0.1, -0.05) is 27.7 Å². The van der Waals surface area contributed by atoms with Crippen LogP contribution in [0.3, 0.4) is 0 Å². The van der Waals surface area contributed by atoms with Gasteiger partial charge in [0.25, 0.3) is 0 Å². The molecule has 2 atom stereocenters. The average Bonchev–Trinajstić information content (AvgIpc) is 2.38. The molecule has 0 radical (unpaired) electrons. The third kappa shape index (κ3) is 3.63. The number of nitrogens with zero attached hydrogens (tertiary/aromatic N) is 1. The molecule has 0 bridgehead atoms. The van der Waals surface area contributed by atoms with E-state index in [2.05, 4.69) is 84.8 Å². The van der Waals surface area contributed by atoms with Gasteiger partial charge in [-0.05, 0) is 58.7 Å². The van der Waals surface area contributed by atoms with Crippen LogP contribution in [0.1, 0.15) is 27.7 Å². The zero-order chi connectivity index (χ0) is 14.0. The first-order chi connectivity index (χ1) is 8.99. The second kappa shape index (κ2) is 6.44. The van der Waals surface area contributed by atoms with Gasteiger partial charge in [0.2, 0.25) is 0 Å². The lowest BCUT2D eigenvalue weighted by Crippen LogP contribution is -2.60. The molecule has 0 aliphatic carbocycles. The number of piperazine rings is 1. The van der Waals surface area contributed by atoms with Gasteiger partial charge in [0, 0.05) is 34.4 Å². The predicted molar refractivity (Wildman–Crippen MR) is 91.8 cm³/mol. The largest absolute Gasteiger partial charge is 0.365 e. The van der Waals surface area contributed by atoms with Crippen molar-refractivity contribution in [3.05, 3.63) is 27.8 Å². The Kier molecular flexibility index (Phi) is 5.12. The molecule has 106 valence electrons. The Morgan fingerprint density at radius 1 is 1.11 bits per heavy atom. The molecule has 0 spiro atoms. The monoisotopic (exact) mass is 372 g/mol. The van der Waals surface area contributed by atoms with Crippen molar-refractivity contribution < 1.29 is 0 Å². The van der Waals surface area contributed by atoms with Crippen molar-refractivity contribution in [2.24, 2.45) is 11.8 Å². The summed E-state index contributed by atoms with van der Waals surface area (Å²) >= 11 is 2.37. The van der Waals surface area contributed by atoms with E-state index in [1.807, 2.05) is 0 Å². The van der Waals surface area contributed by atoms with Crippen LogP contribution in [0.25, 0.3) is 0 Å². The van der Waals surface area contributed by atoms with Gasteiger partial charge in [0.1, 0.15) is 0 Å². The van der Waals surface area contributed by atoms with Gasteiger partial charge >= 0.3 is 0 Å². The maximum absolute atomic E-state index is 3.72. The zero-order valence-corrected chi connectivity index (χ0v) is 14.5. The number of hydrogen-bond donors (Lipinski definition) is 1. The lowest BCUT2D eigenvalue weighted by Gasteiger charge is -2.45. The summed E-state index contributed by atoms with van der Waals surface area (Å²) in [6, 6.07) is 10.1. The molecule has 1 fully saturated rings. The number of hydrogen-bond acceptors (Lipinski definition) is 2. The number of benzene rings is 1. The maximum Gasteiger partial charge on any atom is 0.0438 e. The van der Waals surface area contributed by atoms with Gasteiger partial charge in [-0.3, -0.25) is 0 Å². The van der Waals surface area contributed by atoms with E-state index >= 15 is 0 Å². The van der Waals surface area contributed by atoms with E-state index in [1.54, 1.807) is 0 Å². The van der Waals surface area contributed by atoms with E-state index < -0.39 is 0 Å². The Morgan fingerprint density at radius 3 is 2.26 bits per heavy atom. The average molecular weight is 372 g/mol. The first kappa shape index (κ1) is 15.1. The normalized spacial score (nSPS) is 24.3. The molecule has 0 aromatic heterocycles. The molecule has 3 heteroatoms. The van der Waals surface area contributed by atoms with Crippen LogP contribution < -0.4 is 10.2 Å². The van der Waals surface area contributed by atoms with E-state index in [9.17, 15) is 0 Å². The Bertz CT molecular complexity index is 400. The standard InChI is InChI=1S/C16H25IN2/c1-11(2)15-10-19(16(9-18-15)12(3)4)14-7-5-13(17)6-8-14/h5-8,11-12,15-16,18H,9-10H2,1-4H3. The minimum atomic E-state index is 0.592. The molecule has 0 amide bonds. The lowest BCUT2D eigenvalue weighted by molar-refractivity contribution is 0.295. The topological polar surface area (TPSA) is 15.3 Å². The first-order valence-corrected chi connectivity index (χ1v) is 8.32. The molecule has 0 saturated carbocycles. The van der Waals surface area contributed by atoms with E-state index in [0.29, 0.717) is 23.9 Å². The van der Waals surface area contributed by atoms with Crippen LogP contribution in [-0.2, 0) is 0 Å². The summed E-state index contributed by atoms with van der Waals surface area (Å²) in [4.78, 5) is 2.60. The summed E-state index contributed by atoms with van der Waals surface area (Å²) in [5.41, 5.74) is 1.37. The quantitative estimate of drug-likeness (QED) is 0.813. The van der Waals surface area contributed by atoms with E-state index in [1.165, 1.54) is 9.26 Å². The minimum Gasteiger partial charge on any atom is -0.365 e. The molecular formula is C16H25IN2. The van der Waals surface area contributed by atoms with Crippen LogP contribution in [0.4, 0.5) is 5.69 Å². The van der Waals surface area contributed by atoms with Crippen molar-refractivity contribution in [1.29, 1.82) is 0 Å². The molecule has 1 aliphatic rings. The number of anilines is 1. The second-order valence-electron chi connectivity index (χ2n) is 6.20. The summed E-state index contributed by atoms with van der Waals surface area (Å²) in [7, 11) is 0. The molecule has 19 heavy (non-hydrogen) atoms. The third-order valence-corrected chi connectivity index (χ3v) is 4.83. The highest BCUT2D eigenvalue weighted by Crippen LogP contribution is 2.26. The van der Waals surface area contributed by atoms with E-state index in [4.69, 9.17) is 0 Å². The molecule has 1 heterocycles. The summed E-state index contributed by atoms with van der Waals surface area (Å²) in [5, 5.41) is 3.72. The molecule has 1 aromatic carbocycles. The Balaban J connectivity index is 2.22. The predicted octanol–water partition coefficient (Wildman–Crippen LogP) is 3.75. The van der Waals surface area contributed by atoms with Crippen LogP contribution in [0.5, 0.6) is 0 Å². The Morgan fingerprint density at radius 2 is 1.74 bits per heavy atom. The highest BCUT2D eigenvalue weighted by Gasteiger charge is 2.31. The third-order valence-electron chi connectivity index (χ3n) is 4.12. The van der Waals surface area contributed by atoms with Crippen molar-refractivity contribution in [3.63, 3.8) is 0 Å². The zero-order valence-electron chi connectivity index (χ0n) is 12.4. The van der Waals surface area contributed by atoms with Gasteiger partial charge in [-0.15, -0.1) is 0 Å². The smallest absolute Gasteiger partial charge is 0.0438 e. The van der Waals surface area contributed by atoms with Gasteiger partial charge in [-0.25, -0.2) is 0 Å². The summed E-state index contributed by atoms with van der Waals surface area (Å²) in [6.45, 7) is 11.5. The summed E-state index contributed by atoms with van der Waals surface area (Å²) in [5.74, 6) is 1.35. The fourth-order valence-electron chi connectivity index (χ4n) is 2.77. The van der Waals surface area contributed by atoms with Crippen molar-refractivity contribution in [1.82, 2.24) is 5.32 Å². The van der Waals surface area contributed by atoms with Crippen LogP contribution >= 0.6 is 22.6 Å². The maximum atomic E-state index is 3.72. The van der Waals surface area contributed by atoms with Crippen molar-refractivity contribution in [2.75, 3.05) is 18.0 Å². The summed E-state index contributed by atoms with van der Waals surface area (Å²) < 4.78 is 1.30. The van der Waals surface area contributed by atoms with Crippen molar-refractivity contribution >= 4 is 28.3 Å². The van der Waals surface area contributed by atoms with Crippen molar-refractivity contribution in [3.8, 4) is 0 Å². The molecule has 1 aliphatic heterocycles. The SMILES string of the molecule is CC(C)C1CN(c2ccc(I)cc2)C(C(C)C)CN1. The summed E-state index contributed by atoms with van der Waals surface area (Å²) in [6.07, 6.45) is 0. The molecule has 1 N–H and O–H groups in total.